The fourth-order valence-electron chi connectivity index (χ4n) is 2.97. The maximum Gasteiger partial charge on any atom is 0.335 e. The van der Waals surface area contributed by atoms with Crippen molar-refractivity contribution in [3.63, 3.8) is 0 Å². The number of phenols is 2. The SMILES string of the molecule is Cc1c(O)ccc2cc(C(=O)O)ccc12.O=C(O)c1ccc2cc(O)ccc2c1. The number of rotatable bonds is 2. The number of carboxylic acids is 2. The summed E-state index contributed by atoms with van der Waals surface area (Å²) in [6.45, 7) is 1.80. The predicted octanol–water partition coefficient (Wildman–Crippen LogP) is 4.80. The van der Waals surface area contributed by atoms with Gasteiger partial charge in [0.1, 0.15) is 11.5 Å². The van der Waals surface area contributed by atoms with Gasteiger partial charge in [-0.15, -0.1) is 0 Å². The van der Waals surface area contributed by atoms with Crippen molar-refractivity contribution in [2.75, 3.05) is 0 Å². The summed E-state index contributed by atoms with van der Waals surface area (Å²) in [5, 5.41) is 39.6. The fraction of sp³-hybridized carbons (Fsp3) is 0.0435. The Morgan fingerprint density at radius 3 is 1.83 bits per heavy atom. The number of phenolic OH excluding ortho intramolecular Hbond substituents is 2. The highest BCUT2D eigenvalue weighted by Gasteiger charge is 2.06. The van der Waals surface area contributed by atoms with Crippen molar-refractivity contribution in [3.05, 3.63) is 83.4 Å². The van der Waals surface area contributed by atoms with E-state index in [4.69, 9.17) is 10.2 Å². The second-order valence-corrected chi connectivity index (χ2v) is 6.50. The summed E-state index contributed by atoms with van der Waals surface area (Å²) in [5.41, 5.74) is 1.28. The normalized spacial score (nSPS) is 10.4. The van der Waals surface area contributed by atoms with Crippen LogP contribution in [0.3, 0.4) is 0 Å². The third-order valence-corrected chi connectivity index (χ3v) is 4.58. The Morgan fingerprint density at radius 2 is 1.17 bits per heavy atom. The van der Waals surface area contributed by atoms with Crippen molar-refractivity contribution < 1.29 is 30.0 Å². The molecule has 6 nitrogen and oxygen atoms in total. The maximum absolute atomic E-state index is 10.7. The van der Waals surface area contributed by atoms with Gasteiger partial charge in [-0.2, -0.15) is 0 Å². The highest BCUT2D eigenvalue weighted by atomic mass is 16.4. The van der Waals surface area contributed by atoms with E-state index in [1.807, 2.05) is 0 Å². The minimum absolute atomic E-state index is 0.181. The number of benzene rings is 4. The van der Waals surface area contributed by atoms with Crippen molar-refractivity contribution in [3.8, 4) is 11.5 Å². The van der Waals surface area contributed by atoms with Gasteiger partial charge in [-0.25, -0.2) is 9.59 Å². The molecule has 4 aromatic carbocycles. The monoisotopic (exact) mass is 390 g/mol. The molecule has 0 aromatic heterocycles. The smallest absolute Gasteiger partial charge is 0.335 e. The van der Waals surface area contributed by atoms with Gasteiger partial charge in [0.25, 0.3) is 0 Å². The second kappa shape index (κ2) is 7.90. The lowest BCUT2D eigenvalue weighted by Crippen LogP contribution is -1.95. The number of aromatic hydroxyl groups is 2. The highest BCUT2D eigenvalue weighted by molar-refractivity contribution is 5.96. The summed E-state index contributed by atoms with van der Waals surface area (Å²) >= 11 is 0. The molecule has 4 aromatic rings. The van der Waals surface area contributed by atoms with E-state index >= 15 is 0 Å². The van der Waals surface area contributed by atoms with Gasteiger partial charge in [-0.1, -0.05) is 24.3 Å². The number of aromatic carboxylic acids is 2. The zero-order valence-corrected chi connectivity index (χ0v) is 15.5. The molecule has 0 radical (unpaired) electrons. The molecule has 29 heavy (non-hydrogen) atoms. The van der Waals surface area contributed by atoms with Crippen molar-refractivity contribution in [2.24, 2.45) is 0 Å². The summed E-state index contributed by atoms with van der Waals surface area (Å²) in [7, 11) is 0. The Kier molecular flexibility index (Phi) is 5.36. The van der Waals surface area contributed by atoms with E-state index < -0.39 is 11.9 Å². The van der Waals surface area contributed by atoms with Gasteiger partial charge >= 0.3 is 11.9 Å². The highest BCUT2D eigenvalue weighted by Crippen LogP contribution is 2.26. The Hall–Kier alpha value is -4.06. The Bertz CT molecular complexity index is 1240. The number of carboxylic acid groups (broad SMARTS) is 2. The third-order valence-electron chi connectivity index (χ3n) is 4.58. The van der Waals surface area contributed by atoms with Crippen LogP contribution in [0, 0.1) is 6.92 Å². The Morgan fingerprint density at radius 1 is 0.655 bits per heavy atom. The average Bonchev–Trinajstić information content (AvgIpc) is 2.70. The van der Waals surface area contributed by atoms with Crippen molar-refractivity contribution >= 4 is 33.5 Å². The van der Waals surface area contributed by atoms with Gasteiger partial charge in [0.2, 0.25) is 0 Å². The van der Waals surface area contributed by atoms with Crippen molar-refractivity contribution in [1.82, 2.24) is 0 Å². The molecule has 0 heterocycles. The van der Waals surface area contributed by atoms with Gasteiger partial charge < -0.3 is 20.4 Å². The predicted molar refractivity (Wildman–Crippen MR) is 110 cm³/mol. The summed E-state index contributed by atoms with van der Waals surface area (Å²) in [6, 6.07) is 17.7. The van der Waals surface area contributed by atoms with E-state index in [1.54, 1.807) is 55.5 Å². The van der Waals surface area contributed by atoms with Crippen LogP contribution in [0.1, 0.15) is 26.3 Å². The van der Waals surface area contributed by atoms with Crippen LogP contribution in [0.2, 0.25) is 0 Å². The first-order valence-electron chi connectivity index (χ1n) is 8.68. The lowest BCUT2D eigenvalue weighted by atomic mass is 10.0. The molecule has 146 valence electrons. The van der Waals surface area contributed by atoms with Crippen molar-refractivity contribution in [1.29, 1.82) is 0 Å². The second-order valence-electron chi connectivity index (χ2n) is 6.50. The number of fused-ring (bicyclic) bond motifs is 2. The zero-order valence-electron chi connectivity index (χ0n) is 15.5. The molecular weight excluding hydrogens is 372 g/mol. The molecule has 0 aliphatic heterocycles. The molecule has 0 bridgehead atoms. The van der Waals surface area contributed by atoms with Crippen LogP contribution in [-0.4, -0.2) is 32.4 Å². The fourth-order valence-corrected chi connectivity index (χ4v) is 2.97. The molecule has 6 heteroatoms. The largest absolute Gasteiger partial charge is 0.508 e. The van der Waals surface area contributed by atoms with E-state index in [1.165, 1.54) is 18.2 Å². The molecule has 0 saturated heterocycles. The van der Waals surface area contributed by atoms with E-state index in [0.29, 0.717) is 0 Å². The van der Waals surface area contributed by atoms with Crippen LogP contribution in [0.15, 0.2) is 66.7 Å². The maximum atomic E-state index is 10.7. The Balaban J connectivity index is 0.000000166. The molecule has 4 rings (SSSR count). The minimum atomic E-state index is -0.944. The molecule has 0 saturated carbocycles. The van der Waals surface area contributed by atoms with Crippen LogP contribution < -0.4 is 0 Å². The van der Waals surface area contributed by atoms with Gasteiger partial charge in [-0.05, 0) is 76.5 Å². The lowest BCUT2D eigenvalue weighted by Gasteiger charge is -2.05. The molecule has 0 atom stereocenters. The molecule has 0 spiro atoms. The number of carbonyl (C=O) groups is 2. The first-order valence-corrected chi connectivity index (χ1v) is 8.68. The third kappa shape index (κ3) is 4.27. The van der Waals surface area contributed by atoms with Gasteiger partial charge in [-0.3, -0.25) is 0 Å². The summed E-state index contributed by atoms with van der Waals surface area (Å²) in [6.07, 6.45) is 0. The summed E-state index contributed by atoms with van der Waals surface area (Å²) < 4.78 is 0. The van der Waals surface area contributed by atoms with Crippen molar-refractivity contribution in [2.45, 2.75) is 6.92 Å². The number of hydrogen-bond acceptors (Lipinski definition) is 4. The lowest BCUT2D eigenvalue weighted by molar-refractivity contribution is 0.0686. The first-order chi connectivity index (χ1) is 13.8. The summed E-state index contributed by atoms with van der Waals surface area (Å²) in [5.74, 6) is -1.48. The van der Waals surface area contributed by atoms with Crippen LogP contribution in [0.5, 0.6) is 11.5 Å². The molecule has 0 aliphatic rings. The van der Waals surface area contributed by atoms with E-state index in [9.17, 15) is 19.8 Å². The molecule has 0 unspecified atom stereocenters. The molecule has 0 aliphatic carbocycles. The van der Waals surface area contributed by atoms with Gasteiger partial charge in [0.15, 0.2) is 0 Å². The van der Waals surface area contributed by atoms with Crippen LogP contribution in [0.4, 0.5) is 0 Å². The van der Waals surface area contributed by atoms with Crippen LogP contribution in [0.25, 0.3) is 21.5 Å². The molecular formula is C23H18O6. The van der Waals surface area contributed by atoms with Gasteiger partial charge in [0, 0.05) is 0 Å². The Labute approximate surface area is 165 Å². The first kappa shape index (κ1) is 19.7. The molecule has 0 amide bonds. The van der Waals surface area contributed by atoms with Crippen LogP contribution >= 0.6 is 0 Å². The standard InChI is InChI=1S/C12H10O3.C11H8O3/c1-7-10-4-2-9(12(14)15)6-8(10)3-5-11(7)13;12-10-4-3-7-5-9(11(13)14)2-1-8(7)6-10/h2-6,13H,1H3,(H,14,15);1-6,12H,(H,13,14). The summed E-state index contributed by atoms with van der Waals surface area (Å²) in [4.78, 5) is 21.4. The molecule has 4 N–H and O–H groups in total. The average molecular weight is 390 g/mol. The van der Waals surface area contributed by atoms with Crippen LogP contribution in [-0.2, 0) is 0 Å². The van der Waals surface area contributed by atoms with Gasteiger partial charge in [0.05, 0.1) is 11.1 Å². The van der Waals surface area contributed by atoms with E-state index in [0.717, 1.165) is 27.1 Å². The zero-order chi connectivity index (χ0) is 21.1. The topological polar surface area (TPSA) is 115 Å². The quantitative estimate of drug-likeness (QED) is 0.391. The van der Waals surface area contributed by atoms with E-state index in [-0.39, 0.29) is 22.6 Å². The number of aryl methyl sites for hydroxylation is 1. The van der Waals surface area contributed by atoms with E-state index in [2.05, 4.69) is 0 Å². The molecule has 0 fully saturated rings. The number of hydrogen-bond donors (Lipinski definition) is 4. The minimum Gasteiger partial charge on any atom is -0.508 e.